The number of carboxylic acids is 1. The minimum absolute atomic E-state index is 0.00479. The average Bonchev–Trinajstić information content (AvgIpc) is 2.82. The van der Waals surface area contributed by atoms with Gasteiger partial charge < -0.3 is 5.11 Å². The highest BCUT2D eigenvalue weighted by molar-refractivity contribution is 7.09. The molecule has 1 aromatic carbocycles. The third-order valence-electron chi connectivity index (χ3n) is 3.92. The normalized spacial score (nSPS) is 11.7. The van der Waals surface area contributed by atoms with Crippen LogP contribution in [0, 0.1) is 20.8 Å². The van der Waals surface area contributed by atoms with Gasteiger partial charge in [0.25, 0.3) is 0 Å². The van der Waals surface area contributed by atoms with Gasteiger partial charge in [0.05, 0.1) is 17.1 Å². The summed E-state index contributed by atoms with van der Waals surface area (Å²) in [6, 6.07) is 4.44. The van der Waals surface area contributed by atoms with Crippen LogP contribution in [-0.2, 0) is 23.1 Å². The van der Waals surface area contributed by atoms with E-state index in [4.69, 9.17) is 5.11 Å². The van der Waals surface area contributed by atoms with Gasteiger partial charge in [-0.25, -0.2) is 4.98 Å². The quantitative estimate of drug-likeness (QED) is 0.898. The fourth-order valence-electron chi connectivity index (χ4n) is 2.86. The second-order valence-electron chi connectivity index (χ2n) is 6.65. The van der Waals surface area contributed by atoms with E-state index in [1.165, 1.54) is 22.3 Å². The third-order valence-corrected chi connectivity index (χ3v) is 5.18. The van der Waals surface area contributed by atoms with E-state index in [0.29, 0.717) is 5.69 Å². The van der Waals surface area contributed by atoms with Gasteiger partial charge in [-0.1, -0.05) is 31.5 Å². The van der Waals surface area contributed by atoms with Gasteiger partial charge in [0.1, 0.15) is 0 Å². The van der Waals surface area contributed by atoms with Crippen molar-refractivity contribution in [2.45, 2.75) is 52.9 Å². The summed E-state index contributed by atoms with van der Waals surface area (Å²) in [5, 5.41) is 11.7. The lowest BCUT2D eigenvalue weighted by atomic mass is 9.82. The van der Waals surface area contributed by atoms with E-state index >= 15 is 0 Å². The zero-order valence-corrected chi connectivity index (χ0v) is 14.7. The maximum absolute atomic E-state index is 10.8. The maximum Gasteiger partial charge on any atom is 0.309 e. The van der Waals surface area contributed by atoms with Crippen LogP contribution >= 0.6 is 11.3 Å². The Labute approximate surface area is 136 Å². The van der Waals surface area contributed by atoms with Crippen molar-refractivity contribution in [3.8, 4) is 0 Å². The predicted molar refractivity (Wildman–Crippen MR) is 90.8 cm³/mol. The summed E-state index contributed by atoms with van der Waals surface area (Å²) in [6.07, 6.45) is 0.903. The van der Waals surface area contributed by atoms with Crippen LogP contribution in [0.2, 0.25) is 0 Å². The molecule has 1 heterocycles. The number of rotatable bonds is 5. The number of hydrogen-bond acceptors (Lipinski definition) is 3. The Morgan fingerprint density at radius 2 is 1.82 bits per heavy atom. The van der Waals surface area contributed by atoms with E-state index in [2.05, 4.69) is 51.7 Å². The van der Waals surface area contributed by atoms with Crippen LogP contribution in [0.3, 0.4) is 0 Å². The molecule has 0 fully saturated rings. The van der Waals surface area contributed by atoms with Gasteiger partial charge in [-0.2, -0.15) is 0 Å². The van der Waals surface area contributed by atoms with E-state index in [9.17, 15) is 4.79 Å². The summed E-state index contributed by atoms with van der Waals surface area (Å²) in [6.45, 7) is 10.8. The highest BCUT2D eigenvalue weighted by Gasteiger charge is 2.26. The van der Waals surface area contributed by atoms with Crippen LogP contribution in [0.25, 0.3) is 0 Å². The largest absolute Gasteiger partial charge is 0.481 e. The van der Waals surface area contributed by atoms with E-state index in [-0.39, 0.29) is 11.8 Å². The van der Waals surface area contributed by atoms with Gasteiger partial charge in [0, 0.05) is 10.8 Å². The first-order valence-corrected chi connectivity index (χ1v) is 8.30. The van der Waals surface area contributed by atoms with Crippen LogP contribution < -0.4 is 0 Å². The zero-order valence-electron chi connectivity index (χ0n) is 13.9. The SMILES string of the molecule is Cc1cc(C)c(CC(C)(C)c2nc(CC(=O)O)cs2)c(C)c1. The molecule has 3 nitrogen and oxygen atoms in total. The fraction of sp³-hybridized carbons (Fsp3) is 0.444. The Morgan fingerprint density at radius 1 is 1.23 bits per heavy atom. The lowest BCUT2D eigenvalue weighted by Gasteiger charge is -2.24. The molecule has 0 amide bonds. The molecule has 0 atom stereocenters. The molecule has 2 rings (SSSR count). The summed E-state index contributed by atoms with van der Waals surface area (Å²) in [5.41, 5.74) is 5.82. The molecule has 0 aliphatic rings. The number of benzene rings is 1. The molecular formula is C18H23NO2S. The van der Waals surface area contributed by atoms with Crippen molar-refractivity contribution in [2.24, 2.45) is 0 Å². The first-order chi connectivity index (χ1) is 10.2. The van der Waals surface area contributed by atoms with Crippen LogP contribution in [0.15, 0.2) is 17.5 Å². The summed E-state index contributed by atoms with van der Waals surface area (Å²) < 4.78 is 0. The maximum atomic E-state index is 10.8. The van der Waals surface area contributed by atoms with Crippen LogP contribution in [-0.4, -0.2) is 16.1 Å². The number of thiazole rings is 1. The monoisotopic (exact) mass is 317 g/mol. The van der Waals surface area contributed by atoms with Crippen molar-refractivity contribution in [1.82, 2.24) is 4.98 Å². The molecule has 1 N–H and O–H groups in total. The minimum Gasteiger partial charge on any atom is -0.481 e. The molecule has 4 heteroatoms. The Bertz CT molecular complexity index is 678. The van der Waals surface area contributed by atoms with Crippen molar-refractivity contribution >= 4 is 17.3 Å². The number of carboxylic acid groups (broad SMARTS) is 1. The van der Waals surface area contributed by atoms with Crippen molar-refractivity contribution in [3.05, 3.63) is 50.5 Å². The Hall–Kier alpha value is -1.68. The van der Waals surface area contributed by atoms with Crippen molar-refractivity contribution in [1.29, 1.82) is 0 Å². The molecule has 0 aliphatic heterocycles. The number of aromatic nitrogens is 1. The van der Waals surface area contributed by atoms with Crippen LogP contribution in [0.1, 0.15) is 46.8 Å². The molecule has 1 aromatic heterocycles. The smallest absolute Gasteiger partial charge is 0.309 e. The Morgan fingerprint density at radius 3 is 2.36 bits per heavy atom. The van der Waals surface area contributed by atoms with E-state index < -0.39 is 5.97 Å². The number of hydrogen-bond donors (Lipinski definition) is 1. The Balaban J connectivity index is 2.28. The van der Waals surface area contributed by atoms with Gasteiger partial charge in [-0.3, -0.25) is 4.79 Å². The summed E-state index contributed by atoms with van der Waals surface area (Å²) in [5.74, 6) is -0.833. The second kappa shape index (κ2) is 6.21. The lowest BCUT2D eigenvalue weighted by molar-refractivity contribution is -0.136. The second-order valence-corrected chi connectivity index (χ2v) is 7.51. The first kappa shape index (κ1) is 16.7. The Kier molecular flexibility index (Phi) is 4.71. The standard InChI is InChI=1S/C18H23NO2S/c1-11-6-12(2)15(13(3)7-11)9-18(4,5)17-19-14(10-22-17)8-16(20)21/h6-7,10H,8-9H2,1-5H3,(H,20,21). The predicted octanol–water partition coefficient (Wildman–Crippen LogP) is 4.22. The van der Waals surface area contributed by atoms with Gasteiger partial charge in [-0.05, 0) is 43.9 Å². The van der Waals surface area contributed by atoms with E-state index in [1.54, 1.807) is 11.3 Å². The zero-order chi connectivity index (χ0) is 16.5. The number of nitrogens with zero attached hydrogens (tertiary/aromatic N) is 1. The highest BCUT2D eigenvalue weighted by atomic mass is 32.1. The molecule has 0 radical (unpaired) electrons. The van der Waals surface area contributed by atoms with Gasteiger partial charge in [0.15, 0.2) is 0 Å². The topological polar surface area (TPSA) is 50.2 Å². The molecule has 2 aromatic rings. The number of aryl methyl sites for hydroxylation is 3. The molecule has 0 aliphatic carbocycles. The van der Waals surface area contributed by atoms with Crippen molar-refractivity contribution in [2.75, 3.05) is 0 Å². The van der Waals surface area contributed by atoms with Crippen molar-refractivity contribution < 1.29 is 9.90 Å². The van der Waals surface area contributed by atoms with Crippen LogP contribution in [0.5, 0.6) is 0 Å². The minimum atomic E-state index is -0.833. The summed E-state index contributed by atoms with van der Waals surface area (Å²) in [4.78, 5) is 15.3. The first-order valence-electron chi connectivity index (χ1n) is 7.42. The molecule has 0 bridgehead atoms. The molecule has 0 spiro atoms. The molecule has 0 saturated heterocycles. The van der Waals surface area contributed by atoms with Crippen molar-refractivity contribution in [3.63, 3.8) is 0 Å². The molecule has 0 unspecified atom stereocenters. The van der Waals surface area contributed by atoms with Crippen LogP contribution in [0.4, 0.5) is 0 Å². The lowest BCUT2D eigenvalue weighted by Crippen LogP contribution is -2.22. The van der Waals surface area contributed by atoms with Gasteiger partial charge in [-0.15, -0.1) is 11.3 Å². The number of aliphatic carboxylic acids is 1. The third kappa shape index (κ3) is 3.74. The molecule has 118 valence electrons. The average molecular weight is 317 g/mol. The summed E-state index contributed by atoms with van der Waals surface area (Å²) in [7, 11) is 0. The van der Waals surface area contributed by atoms with E-state index in [1.807, 2.05) is 5.38 Å². The highest BCUT2D eigenvalue weighted by Crippen LogP contribution is 2.32. The fourth-order valence-corrected chi connectivity index (χ4v) is 3.81. The number of carbonyl (C=O) groups is 1. The van der Waals surface area contributed by atoms with Gasteiger partial charge in [0.2, 0.25) is 0 Å². The summed E-state index contributed by atoms with van der Waals surface area (Å²) >= 11 is 1.56. The molecular weight excluding hydrogens is 294 g/mol. The van der Waals surface area contributed by atoms with Gasteiger partial charge >= 0.3 is 5.97 Å². The molecule has 0 saturated carbocycles. The van der Waals surface area contributed by atoms with E-state index in [0.717, 1.165) is 11.4 Å². The molecule has 22 heavy (non-hydrogen) atoms.